The Labute approximate surface area is 198 Å². The van der Waals surface area contributed by atoms with Crippen LogP contribution in [0.2, 0.25) is 0 Å². The molecule has 0 saturated carbocycles. The molecule has 2 aromatic carbocycles. The van der Waals surface area contributed by atoms with E-state index in [0.29, 0.717) is 12.8 Å². The normalized spacial score (nSPS) is 22.1. The SMILES string of the molecule is CCCCCC1c2[nH]c3ccccc3c2C[C@H]2C(=O)NC(Cc3c[nH]c4ccccc34)C(=O)N12. The Morgan fingerprint density at radius 1 is 0.971 bits per heavy atom. The summed E-state index contributed by atoms with van der Waals surface area (Å²) >= 11 is 0. The molecule has 6 nitrogen and oxygen atoms in total. The van der Waals surface area contributed by atoms with Crippen molar-refractivity contribution in [3.05, 3.63) is 71.5 Å². The highest BCUT2D eigenvalue weighted by Crippen LogP contribution is 2.41. The molecule has 174 valence electrons. The molecule has 2 aliphatic rings. The zero-order valence-electron chi connectivity index (χ0n) is 19.4. The average Bonchev–Trinajstić information content (AvgIpc) is 3.43. The van der Waals surface area contributed by atoms with Crippen LogP contribution in [0, 0.1) is 0 Å². The van der Waals surface area contributed by atoms with Gasteiger partial charge in [0.15, 0.2) is 0 Å². The summed E-state index contributed by atoms with van der Waals surface area (Å²) in [5.74, 6) is -0.0125. The molecular weight excluding hydrogens is 424 g/mol. The van der Waals surface area contributed by atoms with Gasteiger partial charge in [-0.1, -0.05) is 62.6 Å². The number of H-pyrrole nitrogens is 2. The van der Waals surface area contributed by atoms with Crippen LogP contribution in [0.5, 0.6) is 0 Å². The maximum absolute atomic E-state index is 13.9. The average molecular weight is 455 g/mol. The first-order chi connectivity index (χ1) is 16.7. The van der Waals surface area contributed by atoms with Crippen LogP contribution < -0.4 is 5.32 Å². The molecule has 1 saturated heterocycles. The van der Waals surface area contributed by atoms with Gasteiger partial charge in [0.25, 0.3) is 0 Å². The number of fused-ring (bicyclic) bond motifs is 5. The van der Waals surface area contributed by atoms with Crippen LogP contribution in [-0.4, -0.2) is 38.8 Å². The van der Waals surface area contributed by atoms with Gasteiger partial charge in [-0.3, -0.25) is 9.59 Å². The van der Waals surface area contributed by atoms with E-state index >= 15 is 0 Å². The minimum Gasteiger partial charge on any atom is -0.361 e. The summed E-state index contributed by atoms with van der Waals surface area (Å²) < 4.78 is 0. The lowest BCUT2D eigenvalue weighted by molar-refractivity contribution is -0.153. The van der Waals surface area contributed by atoms with E-state index in [1.165, 1.54) is 10.9 Å². The fraction of sp³-hybridized carbons (Fsp3) is 0.357. The van der Waals surface area contributed by atoms with Crippen LogP contribution in [0.4, 0.5) is 0 Å². The molecule has 2 aliphatic heterocycles. The molecule has 3 N–H and O–H groups in total. The van der Waals surface area contributed by atoms with Crippen LogP contribution >= 0.6 is 0 Å². The van der Waals surface area contributed by atoms with Crippen molar-refractivity contribution in [2.45, 2.75) is 63.6 Å². The number of hydrogen-bond acceptors (Lipinski definition) is 2. The molecule has 4 heterocycles. The van der Waals surface area contributed by atoms with Gasteiger partial charge in [0.05, 0.1) is 6.04 Å². The third-order valence-corrected chi connectivity index (χ3v) is 7.60. The molecule has 0 spiro atoms. The van der Waals surface area contributed by atoms with Gasteiger partial charge in [-0.2, -0.15) is 0 Å². The second-order valence-electron chi connectivity index (χ2n) is 9.66. The number of carbonyl (C=O) groups excluding carboxylic acids is 2. The number of nitrogens with zero attached hydrogens (tertiary/aromatic N) is 1. The molecule has 0 radical (unpaired) electrons. The Hall–Kier alpha value is -3.54. The number of benzene rings is 2. The van der Waals surface area contributed by atoms with E-state index in [-0.39, 0.29) is 17.9 Å². The van der Waals surface area contributed by atoms with Crippen molar-refractivity contribution in [2.75, 3.05) is 0 Å². The molecule has 4 aromatic rings. The molecule has 1 fully saturated rings. The van der Waals surface area contributed by atoms with Crippen molar-refractivity contribution in [2.24, 2.45) is 0 Å². The quantitative estimate of drug-likeness (QED) is 0.367. The molecule has 2 amide bonds. The number of nitrogens with one attached hydrogen (secondary N) is 3. The lowest BCUT2D eigenvalue weighted by atomic mass is 9.85. The van der Waals surface area contributed by atoms with E-state index in [2.05, 4.69) is 40.4 Å². The third-order valence-electron chi connectivity index (χ3n) is 7.60. The molecule has 6 rings (SSSR count). The summed E-state index contributed by atoms with van der Waals surface area (Å²) in [5, 5.41) is 5.34. The fourth-order valence-electron chi connectivity index (χ4n) is 5.94. The highest BCUT2D eigenvalue weighted by atomic mass is 16.2. The summed E-state index contributed by atoms with van der Waals surface area (Å²) in [6, 6.07) is 15.2. The number of carbonyl (C=O) groups is 2. The van der Waals surface area contributed by atoms with Crippen molar-refractivity contribution in [1.82, 2.24) is 20.2 Å². The Morgan fingerprint density at radius 2 is 1.74 bits per heavy atom. The zero-order valence-corrected chi connectivity index (χ0v) is 19.4. The van der Waals surface area contributed by atoms with Gasteiger partial charge in [0.2, 0.25) is 11.8 Å². The zero-order chi connectivity index (χ0) is 23.2. The van der Waals surface area contributed by atoms with Crippen LogP contribution in [0.15, 0.2) is 54.7 Å². The first-order valence-electron chi connectivity index (χ1n) is 12.4. The first kappa shape index (κ1) is 21.0. The number of para-hydroxylation sites is 2. The van der Waals surface area contributed by atoms with E-state index in [4.69, 9.17) is 0 Å². The molecule has 34 heavy (non-hydrogen) atoms. The van der Waals surface area contributed by atoms with Crippen molar-refractivity contribution < 1.29 is 9.59 Å². The number of hydrogen-bond donors (Lipinski definition) is 3. The van der Waals surface area contributed by atoms with E-state index in [1.54, 1.807) is 0 Å². The van der Waals surface area contributed by atoms with Gasteiger partial charge in [-0.25, -0.2) is 0 Å². The van der Waals surface area contributed by atoms with Gasteiger partial charge < -0.3 is 20.2 Å². The summed E-state index contributed by atoms with van der Waals surface area (Å²) in [6.07, 6.45) is 7.13. The van der Waals surface area contributed by atoms with Crippen LogP contribution in [0.25, 0.3) is 21.8 Å². The Kier molecular flexibility index (Phi) is 5.16. The van der Waals surface area contributed by atoms with Crippen molar-refractivity contribution in [3.8, 4) is 0 Å². The maximum atomic E-state index is 13.9. The highest BCUT2D eigenvalue weighted by molar-refractivity contribution is 5.99. The minimum atomic E-state index is -0.553. The number of amides is 2. The van der Waals surface area contributed by atoms with Crippen molar-refractivity contribution in [1.29, 1.82) is 0 Å². The smallest absolute Gasteiger partial charge is 0.246 e. The summed E-state index contributed by atoms with van der Waals surface area (Å²) in [4.78, 5) is 36.1. The molecular formula is C28H30N4O2. The van der Waals surface area contributed by atoms with Gasteiger partial charge in [0, 0.05) is 46.5 Å². The topological polar surface area (TPSA) is 81.0 Å². The standard InChI is InChI=1S/C28H30N4O2/c1-2-3-4-13-24-26-20(19-10-6-8-12-22(19)30-26)15-25-27(33)31-23(28(34)32(24)25)14-17-16-29-21-11-7-5-9-18(17)21/h5-12,16,23-25,29-30H,2-4,13-15H2,1H3,(H,31,33)/t23?,24?,25-/m0/s1. The number of aromatic nitrogens is 2. The molecule has 3 atom stereocenters. The fourth-order valence-corrected chi connectivity index (χ4v) is 5.94. The van der Waals surface area contributed by atoms with Gasteiger partial charge >= 0.3 is 0 Å². The monoisotopic (exact) mass is 454 g/mol. The van der Waals surface area contributed by atoms with E-state index < -0.39 is 12.1 Å². The van der Waals surface area contributed by atoms with Crippen LogP contribution in [0.1, 0.15) is 55.5 Å². The Morgan fingerprint density at radius 3 is 2.56 bits per heavy atom. The number of aromatic amines is 2. The molecule has 0 bridgehead atoms. The second-order valence-corrected chi connectivity index (χ2v) is 9.66. The lowest BCUT2D eigenvalue weighted by Crippen LogP contribution is -2.66. The maximum Gasteiger partial charge on any atom is 0.246 e. The Balaban J connectivity index is 1.37. The third kappa shape index (κ3) is 3.31. The Bertz CT molecular complexity index is 1380. The van der Waals surface area contributed by atoms with Gasteiger partial charge in [-0.15, -0.1) is 0 Å². The highest BCUT2D eigenvalue weighted by Gasteiger charge is 2.48. The van der Waals surface area contributed by atoms with E-state index in [0.717, 1.165) is 53.4 Å². The number of unbranched alkanes of at least 4 members (excludes halogenated alkanes) is 2. The molecule has 6 heteroatoms. The minimum absolute atomic E-state index is 0.0284. The van der Waals surface area contributed by atoms with E-state index in [9.17, 15) is 9.59 Å². The number of piperazine rings is 1. The summed E-state index contributed by atoms with van der Waals surface area (Å²) in [6.45, 7) is 2.19. The largest absolute Gasteiger partial charge is 0.361 e. The molecule has 2 unspecified atom stereocenters. The lowest BCUT2D eigenvalue weighted by Gasteiger charge is -2.46. The van der Waals surface area contributed by atoms with Gasteiger partial charge in [-0.05, 0) is 29.7 Å². The van der Waals surface area contributed by atoms with Gasteiger partial charge in [0.1, 0.15) is 12.1 Å². The second kappa shape index (κ2) is 8.35. The van der Waals surface area contributed by atoms with Crippen molar-refractivity contribution >= 4 is 33.6 Å². The van der Waals surface area contributed by atoms with Crippen LogP contribution in [-0.2, 0) is 22.4 Å². The van der Waals surface area contributed by atoms with E-state index in [1.807, 2.05) is 41.4 Å². The first-order valence-corrected chi connectivity index (χ1v) is 12.4. The number of rotatable bonds is 6. The van der Waals surface area contributed by atoms with Crippen molar-refractivity contribution in [3.63, 3.8) is 0 Å². The summed E-state index contributed by atoms with van der Waals surface area (Å²) in [7, 11) is 0. The summed E-state index contributed by atoms with van der Waals surface area (Å²) in [5.41, 5.74) is 5.48. The molecule has 2 aromatic heterocycles. The molecule has 0 aliphatic carbocycles. The predicted molar refractivity (Wildman–Crippen MR) is 133 cm³/mol. The van der Waals surface area contributed by atoms with Crippen LogP contribution in [0.3, 0.4) is 0 Å². The predicted octanol–water partition coefficient (Wildman–Crippen LogP) is 4.77.